The first kappa shape index (κ1) is 23.3. The molecular weight excluding hydrogens is 426 g/mol. The highest BCUT2D eigenvalue weighted by atomic mass is 16.6. The fraction of sp³-hybridized carbons (Fsp3) is 0.296. The predicted molar refractivity (Wildman–Crippen MR) is 134 cm³/mol. The van der Waals surface area contributed by atoms with Gasteiger partial charge in [-0.05, 0) is 55.5 Å². The Bertz CT molecular complexity index is 1260. The van der Waals surface area contributed by atoms with E-state index in [-0.39, 0.29) is 0 Å². The van der Waals surface area contributed by atoms with E-state index in [1.54, 1.807) is 21.6 Å². The van der Waals surface area contributed by atoms with Crippen molar-refractivity contribution in [2.75, 3.05) is 5.32 Å². The highest BCUT2D eigenvalue weighted by Gasteiger charge is 2.20. The van der Waals surface area contributed by atoms with Gasteiger partial charge in [0.25, 0.3) is 0 Å². The molecule has 0 aliphatic heterocycles. The highest BCUT2D eigenvalue weighted by molar-refractivity contribution is 5.88. The molecule has 0 aliphatic carbocycles. The van der Waals surface area contributed by atoms with E-state index < -0.39 is 6.09 Å². The van der Waals surface area contributed by atoms with Gasteiger partial charge in [0.05, 0.1) is 11.9 Å². The van der Waals surface area contributed by atoms with Crippen LogP contribution in [0.1, 0.15) is 37.8 Å². The molecule has 0 aliphatic rings. The fourth-order valence-electron chi connectivity index (χ4n) is 3.83. The third-order valence-electron chi connectivity index (χ3n) is 6.05. The molecule has 2 aromatic heterocycles. The van der Waals surface area contributed by atoms with Crippen LogP contribution in [-0.4, -0.2) is 25.7 Å². The van der Waals surface area contributed by atoms with Gasteiger partial charge in [0, 0.05) is 24.4 Å². The third kappa shape index (κ3) is 5.36. The number of anilines is 1. The lowest BCUT2D eigenvalue weighted by Gasteiger charge is -2.12. The minimum Gasteiger partial charge on any atom is -0.410 e. The van der Waals surface area contributed by atoms with E-state index in [4.69, 9.17) is 9.84 Å². The number of aryl methyl sites for hydroxylation is 2. The van der Waals surface area contributed by atoms with Gasteiger partial charge in [0.2, 0.25) is 0 Å². The van der Waals surface area contributed by atoms with Gasteiger partial charge in [-0.3, -0.25) is 10.00 Å². The molecule has 0 radical (unpaired) electrons. The predicted octanol–water partition coefficient (Wildman–Crippen LogP) is 6.17. The Hall–Kier alpha value is -3.87. The smallest absolute Gasteiger partial charge is 0.410 e. The standard InChI is InChI=1S/C27H31N5O2/c1-5-19(2)14-15-21-10-9-13-24(16-21)34-27(33)29-26-20(3)25(22-17-28-31(4)18-22)30-32(26)23-11-7-6-8-12-23/h6-13,16-19H,5,14-15H2,1-4H3,(H,29,33). The van der Waals surface area contributed by atoms with Gasteiger partial charge < -0.3 is 4.74 Å². The molecule has 34 heavy (non-hydrogen) atoms. The van der Waals surface area contributed by atoms with Gasteiger partial charge in [-0.25, -0.2) is 9.48 Å². The van der Waals surface area contributed by atoms with Crippen molar-refractivity contribution in [1.82, 2.24) is 19.6 Å². The van der Waals surface area contributed by atoms with Crippen LogP contribution >= 0.6 is 0 Å². The van der Waals surface area contributed by atoms with E-state index in [1.165, 1.54) is 0 Å². The number of benzene rings is 2. The summed E-state index contributed by atoms with van der Waals surface area (Å²) < 4.78 is 9.10. The lowest BCUT2D eigenvalue weighted by molar-refractivity contribution is 0.215. The minimum atomic E-state index is -0.558. The summed E-state index contributed by atoms with van der Waals surface area (Å²) in [5, 5.41) is 12.0. The van der Waals surface area contributed by atoms with Crippen molar-refractivity contribution in [3.63, 3.8) is 0 Å². The molecule has 0 spiro atoms. The van der Waals surface area contributed by atoms with Crippen LogP contribution in [0.25, 0.3) is 16.9 Å². The summed E-state index contributed by atoms with van der Waals surface area (Å²) >= 11 is 0. The van der Waals surface area contributed by atoms with Crippen LogP contribution in [0.5, 0.6) is 5.75 Å². The Morgan fingerprint density at radius 1 is 1.15 bits per heavy atom. The number of amides is 1. The number of hydrogen-bond donors (Lipinski definition) is 1. The van der Waals surface area contributed by atoms with Crippen molar-refractivity contribution in [3.05, 3.63) is 78.1 Å². The number of para-hydroxylation sites is 1. The van der Waals surface area contributed by atoms with E-state index in [0.717, 1.165) is 47.3 Å². The molecule has 4 rings (SSSR count). The lowest BCUT2D eigenvalue weighted by Crippen LogP contribution is -2.19. The quantitative estimate of drug-likeness (QED) is 0.343. The topological polar surface area (TPSA) is 74.0 Å². The monoisotopic (exact) mass is 457 g/mol. The number of nitrogens with zero attached hydrogens (tertiary/aromatic N) is 4. The van der Waals surface area contributed by atoms with Crippen molar-refractivity contribution in [2.24, 2.45) is 13.0 Å². The van der Waals surface area contributed by atoms with Crippen LogP contribution < -0.4 is 10.1 Å². The van der Waals surface area contributed by atoms with E-state index in [2.05, 4.69) is 30.3 Å². The lowest BCUT2D eigenvalue weighted by atomic mass is 9.99. The van der Waals surface area contributed by atoms with Crippen LogP contribution in [0.15, 0.2) is 67.0 Å². The van der Waals surface area contributed by atoms with Gasteiger partial charge in [-0.15, -0.1) is 0 Å². The molecule has 176 valence electrons. The second kappa shape index (κ2) is 10.4. The molecule has 0 fully saturated rings. The van der Waals surface area contributed by atoms with Crippen LogP contribution in [-0.2, 0) is 13.5 Å². The van der Waals surface area contributed by atoms with E-state index in [0.29, 0.717) is 17.5 Å². The number of nitrogens with one attached hydrogen (secondary N) is 1. The molecular formula is C27H31N5O2. The highest BCUT2D eigenvalue weighted by Crippen LogP contribution is 2.30. The molecule has 7 heteroatoms. The number of ether oxygens (including phenoxy) is 1. The molecule has 0 saturated carbocycles. The molecule has 0 saturated heterocycles. The average molecular weight is 458 g/mol. The number of rotatable bonds is 8. The molecule has 7 nitrogen and oxygen atoms in total. The zero-order valence-corrected chi connectivity index (χ0v) is 20.2. The maximum Gasteiger partial charge on any atom is 0.418 e. The van der Waals surface area contributed by atoms with Crippen molar-refractivity contribution in [1.29, 1.82) is 0 Å². The van der Waals surface area contributed by atoms with Crippen LogP contribution in [0, 0.1) is 12.8 Å². The van der Waals surface area contributed by atoms with Crippen LogP contribution in [0.4, 0.5) is 10.6 Å². The maximum absolute atomic E-state index is 12.9. The fourth-order valence-corrected chi connectivity index (χ4v) is 3.83. The maximum atomic E-state index is 12.9. The summed E-state index contributed by atoms with van der Waals surface area (Å²) in [6.45, 7) is 6.39. The Morgan fingerprint density at radius 2 is 1.94 bits per heavy atom. The second-order valence-corrected chi connectivity index (χ2v) is 8.69. The SMILES string of the molecule is CCC(C)CCc1cccc(OC(=O)Nc2c(C)c(-c3cnn(C)c3)nn2-c2ccccc2)c1. The van der Waals surface area contributed by atoms with Crippen molar-refractivity contribution in [3.8, 4) is 22.7 Å². The first-order chi connectivity index (χ1) is 16.4. The van der Waals surface area contributed by atoms with E-state index in [1.807, 2.05) is 62.6 Å². The zero-order chi connectivity index (χ0) is 24.1. The molecule has 1 unspecified atom stereocenters. The van der Waals surface area contributed by atoms with Gasteiger partial charge >= 0.3 is 6.09 Å². The Morgan fingerprint density at radius 3 is 2.65 bits per heavy atom. The van der Waals surface area contributed by atoms with Gasteiger partial charge in [0.1, 0.15) is 17.3 Å². The summed E-state index contributed by atoms with van der Waals surface area (Å²) in [6, 6.07) is 17.4. The van der Waals surface area contributed by atoms with Crippen molar-refractivity contribution in [2.45, 2.75) is 40.0 Å². The third-order valence-corrected chi connectivity index (χ3v) is 6.05. The summed E-state index contributed by atoms with van der Waals surface area (Å²) in [5.41, 5.74) is 4.45. The number of hydrogen-bond acceptors (Lipinski definition) is 4. The molecule has 2 aromatic carbocycles. The number of carbonyl (C=O) groups excluding carboxylic acids is 1. The summed E-state index contributed by atoms with van der Waals surface area (Å²) in [7, 11) is 1.86. The van der Waals surface area contributed by atoms with Gasteiger partial charge in [-0.1, -0.05) is 50.6 Å². The Kier molecular flexibility index (Phi) is 7.11. The molecule has 0 bridgehead atoms. The van der Waals surface area contributed by atoms with E-state index in [9.17, 15) is 4.79 Å². The molecule has 1 amide bonds. The van der Waals surface area contributed by atoms with E-state index >= 15 is 0 Å². The van der Waals surface area contributed by atoms with Crippen LogP contribution in [0.3, 0.4) is 0 Å². The average Bonchev–Trinajstić information content (AvgIpc) is 3.41. The molecule has 4 aromatic rings. The minimum absolute atomic E-state index is 0.523. The molecule has 1 atom stereocenters. The summed E-state index contributed by atoms with van der Waals surface area (Å²) in [6.07, 6.45) is 6.33. The first-order valence-corrected chi connectivity index (χ1v) is 11.7. The largest absolute Gasteiger partial charge is 0.418 e. The Labute approximate surface area is 200 Å². The molecule has 2 heterocycles. The first-order valence-electron chi connectivity index (χ1n) is 11.7. The van der Waals surface area contributed by atoms with Gasteiger partial charge in [0.15, 0.2) is 0 Å². The van der Waals surface area contributed by atoms with Crippen molar-refractivity contribution >= 4 is 11.9 Å². The Balaban J connectivity index is 1.57. The zero-order valence-electron chi connectivity index (χ0n) is 20.2. The summed E-state index contributed by atoms with van der Waals surface area (Å²) in [4.78, 5) is 12.9. The second-order valence-electron chi connectivity index (χ2n) is 8.69. The molecule has 1 N–H and O–H groups in total. The van der Waals surface area contributed by atoms with Crippen LogP contribution in [0.2, 0.25) is 0 Å². The van der Waals surface area contributed by atoms with Gasteiger partial charge in [-0.2, -0.15) is 10.2 Å². The number of carbonyl (C=O) groups is 1. The van der Waals surface area contributed by atoms with Crippen molar-refractivity contribution < 1.29 is 9.53 Å². The summed E-state index contributed by atoms with van der Waals surface area (Å²) in [5.74, 6) is 1.75. The number of aromatic nitrogens is 4. The normalized spacial score (nSPS) is 11.9.